The van der Waals surface area contributed by atoms with E-state index >= 15 is 0 Å². The van der Waals surface area contributed by atoms with Crippen molar-refractivity contribution in [2.45, 2.75) is 32.1 Å². The highest BCUT2D eigenvalue weighted by molar-refractivity contribution is 5.02. The third kappa shape index (κ3) is 5.64. The fraction of sp³-hybridized carbons (Fsp3) is 0.692. The van der Waals surface area contributed by atoms with Gasteiger partial charge >= 0.3 is 0 Å². The highest BCUT2D eigenvalue weighted by Gasteiger charge is 2.12. The Hall–Kier alpha value is -0.880. The maximum absolute atomic E-state index is 9.75. The van der Waals surface area contributed by atoms with Crippen molar-refractivity contribution in [3.05, 3.63) is 24.2 Å². The van der Waals surface area contributed by atoms with Gasteiger partial charge in [-0.3, -0.25) is 0 Å². The molecule has 0 amide bonds. The van der Waals surface area contributed by atoms with Crippen LogP contribution in [0, 0.1) is 0 Å². The zero-order valence-corrected chi connectivity index (χ0v) is 11.3. The number of hydrogen-bond acceptors (Lipinski definition) is 5. The number of methoxy groups -OCH3 is 1. The Morgan fingerprint density at radius 1 is 1.39 bits per heavy atom. The molecular formula is C13H23NO4. The molecule has 1 aromatic rings. The van der Waals surface area contributed by atoms with E-state index in [-0.39, 0.29) is 12.1 Å². The highest BCUT2D eigenvalue weighted by Crippen LogP contribution is 2.11. The van der Waals surface area contributed by atoms with E-state index in [2.05, 4.69) is 5.32 Å². The zero-order valence-electron chi connectivity index (χ0n) is 11.3. The predicted molar refractivity (Wildman–Crippen MR) is 68.4 cm³/mol. The number of ether oxygens (including phenoxy) is 2. The van der Waals surface area contributed by atoms with Gasteiger partial charge in [0.15, 0.2) is 0 Å². The molecule has 0 saturated heterocycles. The monoisotopic (exact) mass is 257 g/mol. The summed E-state index contributed by atoms with van der Waals surface area (Å²) >= 11 is 0. The molecular weight excluding hydrogens is 234 g/mol. The first kappa shape index (κ1) is 15.2. The van der Waals surface area contributed by atoms with Gasteiger partial charge in [-0.1, -0.05) is 0 Å². The lowest BCUT2D eigenvalue weighted by Gasteiger charge is -2.18. The van der Waals surface area contributed by atoms with Crippen molar-refractivity contribution >= 4 is 0 Å². The molecule has 0 radical (unpaired) electrons. The van der Waals surface area contributed by atoms with Crippen molar-refractivity contribution in [3.8, 4) is 0 Å². The van der Waals surface area contributed by atoms with Gasteiger partial charge < -0.3 is 24.3 Å². The minimum atomic E-state index is -0.540. The summed E-state index contributed by atoms with van der Waals surface area (Å²) in [6.07, 6.45) is 1.09. The van der Waals surface area contributed by atoms with E-state index in [4.69, 9.17) is 13.9 Å². The van der Waals surface area contributed by atoms with Crippen molar-refractivity contribution in [2.75, 3.05) is 26.9 Å². The van der Waals surface area contributed by atoms with Crippen molar-refractivity contribution in [2.24, 2.45) is 0 Å². The first-order valence-corrected chi connectivity index (χ1v) is 6.19. The summed E-state index contributed by atoms with van der Waals surface area (Å²) in [7, 11) is 1.63. The second-order valence-electron chi connectivity index (χ2n) is 4.40. The van der Waals surface area contributed by atoms with E-state index in [1.807, 2.05) is 26.0 Å². The molecule has 1 heterocycles. The van der Waals surface area contributed by atoms with Crippen LogP contribution in [0.5, 0.6) is 0 Å². The van der Waals surface area contributed by atoms with E-state index in [1.54, 1.807) is 13.4 Å². The lowest BCUT2D eigenvalue weighted by molar-refractivity contribution is -0.0316. The van der Waals surface area contributed by atoms with Gasteiger partial charge in [0.05, 0.1) is 37.7 Å². The van der Waals surface area contributed by atoms with Crippen LogP contribution in [-0.2, 0) is 9.47 Å². The zero-order chi connectivity index (χ0) is 13.4. The number of rotatable bonds is 9. The Bertz CT molecular complexity index is 302. The molecule has 0 saturated carbocycles. The Labute approximate surface area is 108 Å². The molecule has 5 heteroatoms. The third-order valence-corrected chi connectivity index (χ3v) is 2.60. The molecule has 104 valence electrons. The smallest absolute Gasteiger partial charge is 0.120 e. The molecule has 0 aliphatic rings. The van der Waals surface area contributed by atoms with Crippen LogP contribution in [0.4, 0.5) is 0 Å². The van der Waals surface area contributed by atoms with Gasteiger partial charge in [-0.2, -0.15) is 0 Å². The van der Waals surface area contributed by atoms with Crippen LogP contribution in [0.2, 0.25) is 0 Å². The van der Waals surface area contributed by atoms with Crippen LogP contribution in [0.15, 0.2) is 22.8 Å². The number of aliphatic hydroxyl groups is 1. The van der Waals surface area contributed by atoms with Crippen LogP contribution < -0.4 is 5.32 Å². The molecule has 0 aliphatic heterocycles. The lowest BCUT2D eigenvalue weighted by atomic mass is 10.2. The molecule has 1 rings (SSSR count). The van der Waals surface area contributed by atoms with Crippen molar-refractivity contribution in [1.82, 2.24) is 5.32 Å². The van der Waals surface area contributed by atoms with Gasteiger partial charge in [-0.15, -0.1) is 0 Å². The maximum atomic E-state index is 9.75. The Morgan fingerprint density at radius 3 is 2.78 bits per heavy atom. The molecule has 0 aliphatic carbocycles. The molecule has 0 aromatic carbocycles. The Balaban J connectivity index is 2.15. The molecule has 3 atom stereocenters. The van der Waals surface area contributed by atoms with Gasteiger partial charge in [0, 0.05) is 13.7 Å². The van der Waals surface area contributed by atoms with Crippen LogP contribution >= 0.6 is 0 Å². The quantitative estimate of drug-likeness (QED) is 0.699. The van der Waals surface area contributed by atoms with Crippen molar-refractivity contribution < 1.29 is 19.0 Å². The second-order valence-corrected chi connectivity index (χ2v) is 4.40. The number of hydrogen-bond donors (Lipinski definition) is 2. The average molecular weight is 257 g/mol. The largest absolute Gasteiger partial charge is 0.468 e. The number of nitrogens with one attached hydrogen (secondary N) is 1. The Kier molecular flexibility index (Phi) is 6.97. The number of aliphatic hydroxyl groups excluding tert-OH is 1. The fourth-order valence-electron chi connectivity index (χ4n) is 1.57. The van der Waals surface area contributed by atoms with Crippen molar-refractivity contribution in [3.63, 3.8) is 0 Å². The third-order valence-electron chi connectivity index (χ3n) is 2.60. The molecule has 18 heavy (non-hydrogen) atoms. The van der Waals surface area contributed by atoms with Crippen LogP contribution in [0.1, 0.15) is 25.6 Å². The maximum Gasteiger partial charge on any atom is 0.120 e. The summed E-state index contributed by atoms with van der Waals surface area (Å²) < 4.78 is 15.6. The minimum absolute atomic E-state index is 0.00727. The van der Waals surface area contributed by atoms with Crippen molar-refractivity contribution in [1.29, 1.82) is 0 Å². The van der Waals surface area contributed by atoms with E-state index in [9.17, 15) is 5.11 Å². The van der Waals surface area contributed by atoms with E-state index in [0.29, 0.717) is 19.8 Å². The molecule has 0 bridgehead atoms. The van der Waals surface area contributed by atoms with Crippen LogP contribution in [0.25, 0.3) is 0 Å². The molecule has 5 nitrogen and oxygen atoms in total. The van der Waals surface area contributed by atoms with Gasteiger partial charge in [0.2, 0.25) is 0 Å². The molecule has 1 aromatic heterocycles. The standard InChI is InChI=1S/C13H23NO4/c1-10(8-16-3)18-9-12(15)7-14-11(2)13-5-4-6-17-13/h4-6,10-12,14-15H,7-9H2,1-3H3. The fourth-order valence-corrected chi connectivity index (χ4v) is 1.57. The van der Waals surface area contributed by atoms with Gasteiger partial charge in [-0.05, 0) is 26.0 Å². The summed E-state index contributed by atoms with van der Waals surface area (Å²) in [6, 6.07) is 3.83. The second kappa shape index (κ2) is 8.26. The summed E-state index contributed by atoms with van der Waals surface area (Å²) in [6.45, 7) is 5.18. The van der Waals surface area contributed by atoms with Gasteiger partial charge in [0.25, 0.3) is 0 Å². The van der Waals surface area contributed by atoms with E-state index in [0.717, 1.165) is 5.76 Å². The summed E-state index contributed by atoms with van der Waals surface area (Å²) in [4.78, 5) is 0. The lowest BCUT2D eigenvalue weighted by Crippen LogP contribution is -2.33. The summed E-state index contributed by atoms with van der Waals surface area (Å²) in [5.41, 5.74) is 0. The van der Waals surface area contributed by atoms with Crippen LogP contribution in [0.3, 0.4) is 0 Å². The van der Waals surface area contributed by atoms with Gasteiger partial charge in [0.1, 0.15) is 5.76 Å². The summed E-state index contributed by atoms with van der Waals surface area (Å²) in [5.74, 6) is 0.857. The minimum Gasteiger partial charge on any atom is -0.468 e. The van der Waals surface area contributed by atoms with E-state index in [1.165, 1.54) is 0 Å². The van der Waals surface area contributed by atoms with Gasteiger partial charge in [-0.25, -0.2) is 0 Å². The van der Waals surface area contributed by atoms with Crippen LogP contribution in [-0.4, -0.2) is 44.2 Å². The first-order chi connectivity index (χ1) is 8.63. The number of furan rings is 1. The van der Waals surface area contributed by atoms with E-state index < -0.39 is 6.10 Å². The predicted octanol–water partition coefficient (Wildman–Crippen LogP) is 1.34. The first-order valence-electron chi connectivity index (χ1n) is 6.19. The highest BCUT2D eigenvalue weighted by atomic mass is 16.5. The Morgan fingerprint density at radius 2 is 2.17 bits per heavy atom. The normalized spacial score (nSPS) is 16.4. The SMILES string of the molecule is COCC(C)OCC(O)CNC(C)c1ccco1. The topological polar surface area (TPSA) is 63.9 Å². The molecule has 0 fully saturated rings. The summed E-state index contributed by atoms with van der Waals surface area (Å²) in [5, 5.41) is 12.9. The molecule has 2 N–H and O–H groups in total. The molecule has 3 unspecified atom stereocenters. The molecule has 0 spiro atoms. The average Bonchev–Trinajstić information content (AvgIpc) is 2.87.